The van der Waals surface area contributed by atoms with E-state index in [4.69, 9.17) is 0 Å². The second-order valence-electron chi connectivity index (χ2n) is 8.43. The molecule has 2 amide bonds. The molecular formula is C26H29N5O2. The summed E-state index contributed by atoms with van der Waals surface area (Å²) in [5, 5.41) is 6.01. The topological polar surface area (TPSA) is 87.2 Å². The third-order valence-corrected chi connectivity index (χ3v) is 5.79. The van der Waals surface area contributed by atoms with Crippen molar-refractivity contribution in [2.45, 2.75) is 38.1 Å². The van der Waals surface area contributed by atoms with Gasteiger partial charge in [0, 0.05) is 37.0 Å². The van der Waals surface area contributed by atoms with Crippen LogP contribution in [0.5, 0.6) is 0 Å². The standard InChI is InChI=1S/C26H29N5O2/c1-31(18-25(32)28-21-9-5-6-10-21)24-15-16-27-23(30-24)17-19-11-13-22(14-12-19)29-26(33)20-7-3-2-4-8-20/h2-4,7-8,11-16,21H,5-6,9-10,17-18H2,1H3,(H,28,32)(H,29,33). The number of aromatic nitrogens is 2. The Hall–Kier alpha value is -3.74. The third kappa shape index (κ3) is 6.38. The van der Waals surface area contributed by atoms with Crippen LogP contribution in [0, 0.1) is 0 Å². The second-order valence-corrected chi connectivity index (χ2v) is 8.43. The number of nitrogens with one attached hydrogen (secondary N) is 2. The summed E-state index contributed by atoms with van der Waals surface area (Å²) in [6.07, 6.45) is 6.80. The molecule has 3 aromatic rings. The lowest BCUT2D eigenvalue weighted by Gasteiger charge is -2.20. The molecule has 0 bridgehead atoms. The van der Waals surface area contributed by atoms with Crippen LogP contribution in [0.15, 0.2) is 66.9 Å². The van der Waals surface area contributed by atoms with Crippen molar-refractivity contribution in [3.05, 3.63) is 83.8 Å². The van der Waals surface area contributed by atoms with E-state index in [0.29, 0.717) is 29.7 Å². The van der Waals surface area contributed by atoms with E-state index in [1.54, 1.807) is 18.3 Å². The zero-order valence-corrected chi connectivity index (χ0v) is 18.8. The Balaban J connectivity index is 1.33. The maximum Gasteiger partial charge on any atom is 0.255 e. The maximum atomic E-state index is 12.3. The first-order valence-corrected chi connectivity index (χ1v) is 11.3. The van der Waals surface area contributed by atoms with Gasteiger partial charge in [-0.25, -0.2) is 9.97 Å². The molecule has 0 atom stereocenters. The van der Waals surface area contributed by atoms with Crippen LogP contribution >= 0.6 is 0 Å². The second kappa shape index (κ2) is 10.7. The maximum absolute atomic E-state index is 12.3. The fourth-order valence-electron chi connectivity index (χ4n) is 4.01. The van der Waals surface area contributed by atoms with Gasteiger partial charge in [0.05, 0.1) is 6.54 Å². The number of hydrogen-bond acceptors (Lipinski definition) is 5. The fraction of sp³-hybridized carbons (Fsp3) is 0.308. The molecule has 0 spiro atoms. The zero-order valence-electron chi connectivity index (χ0n) is 18.8. The summed E-state index contributed by atoms with van der Waals surface area (Å²) in [6, 6.07) is 18.9. The summed E-state index contributed by atoms with van der Waals surface area (Å²) in [5.74, 6) is 1.28. The number of rotatable bonds is 8. The minimum Gasteiger partial charge on any atom is -0.352 e. The van der Waals surface area contributed by atoms with Crippen molar-refractivity contribution in [2.75, 3.05) is 23.8 Å². The Kier molecular flexibility index (Phi) is 7.29. The molecule has 1 aliphatic carbocycles. The van der Waals surface area contributed by atoms with E-state index in [1.165, 1.54) is 12.8 Å². The summed E-state index contributed by atoms with van der Waals surface area (Å²) in [7, 11) is 1.87. The van der Waals surface area contributed by atoms with Gasteiger partial charge in [0.1, 0.15) is 11.6 Å². The minimum atomic E-state index is -0.139. The Bertz CT molecular complexity index is 1080. The monoisotopic (exact) mass is 443 g/mol. The van der Waals surface area contributed by atoms with E-state index in [0.717, 1.165) is 24.1 Å². The average molecular weight is 444 g/mol. The normalized spacial score (nSPS) is 13.5. The molecule has 1 fully saturated rings. The lowest BCUT2D eigenvalue weighted by Crippen LogP contribution is -2.40. The highest BCUT2D eigenvalue weighted by atomic mass is 16.2. The van der Waals surface area contributed by atoms with E-state index in [-0.39, 0.29) is 18.4 Å². The van der Waals surface area contributed by atoms with Crippen LogP contribution in [-0.4, -0.2) is 41.4 Å². The summed E-state index contributed by atoms with van der Waals surface area (Å²) in [4.78, 5) is 35.5. The van der Waals surface area contributed by atoms with Crippen molar-refractivity contribution >= 4 is 23.3 Å². The first kappa shape index (κ1) is 22.5. The number of amides is 2. The number of benzene rings is 2. The predicted octanol–water partition coefficient (Wildman–Crippen LogP) is 3.81. The van der Waals surface area contributed by atoms with Gasteiger partial charge in [0.15, 0.2) is 0 Å². The van der Waals surface area contributed by atoms with Gasteiger partial charge < -0.3 is 15.5 Å². The summed E-state index contributed by atoms with van der Waals surface area (Å²) < 4.78 is 0. The number of anilines is 2. The molecule has 1 aliphatic rings. The lowest BCUT2D eigenvalue weighted by molar-refractivity contribution is -0.120. The number of hydrogen-bond donors (Lipinski definition) is 2. The Morgan fingerprint density at radius 3 is 2.45 bits per heavy atom. The highest BCUT2D eigenvalue weighted by Crippen LogP contribution is 2.18. The van der Waals surface area contributed by atoms with E-state index < -0.39 is 0 Å². The molecule has 1 aromatic heterocycles. The number of nitrogens with zero attached hydrogens (tertiary/aromatic N) is 3. The predicted molar refractivity (Wildman–Crippen MR) is 129 cm³/mol. The largest absolute Gasteiger partial charge is 0.352 e. The number of carbonyl (C=O) groups is 2. The lowest BCUT2D eigenvalue weighted by atomic mass is 10.1. The van der Waals surface area contributed by atoms with Gasteiger partial charge in [-0.3, -0.25) is 9.59 Å². The van der Waals surface area contributed by atoms with Crippen LogP contribution in [0.25, 0.3) is 0 Å². The molecule has 4 rings (SSSR count). The highest BCUT2D eigenvalue weighted by molar-refractivity contribution is 6.04. The quantitative estimate of drug-likeness (QED) is 0.553. The third-order valence-electron chi connectivity index (χ3n) is 5.79. The van der Waals surface area contributed by atoms with Crippen molar-refractivity contribution < 1.29 is 9.59 Å². The molecule has 7 nitrogen and oxygen atoms in total. The molecule has 2 aromatic carbocycles. The molecule has 0 aliphatic heterocycles. The van der Waals surface area contributed by atoms with Gasteiger partial charge >= 0.3 is 0 Å². The molecule has 0 saturated heterocycles. The van der Waals surface area contributed by atoms with Crippen LogP contribution in [0.1, 0.15) is 47.4 Å². The van der Waals surface area contributed by atoms with Crippen LogP contribution < -0.4 is 15.5 Å². The van der Waals surface area contributed by atoms with Gasteiger partial charge in [-0.15, -0.1) is 0 Å². The van der Waals surface area contributed by atoms with Crippen LogP contribution in [0.4, 0.5) is 11.5 Å². The van der Waals surface area contributed by atoms with Crippen LogP contribution in [0.2, 0.25) is 0 Å². The molecule has 33 heavy (non-hydrogen) atoms. The smallest absolute Gasteiger partial charge is 0.255 e. The Labute approximate surface area is 194 Å². The average Bonchev–Trinajstić information content (AvgIpc) is 3.34. The summed E-state index contributed by atoms with van der Waals surface area (Å²) >= 11 is 0. The van der Waals surface area contributed by atoms with Gasteiger partial charge in [0.25, 0.3) is 5.91 Å². The Morgan fingerprint density at radius 1 is 1.00 bits per heavy atom. The molecule has 1 saturated carbocycles. The fourth-order valence-corrected chi connectivity index (χ4v) is 4.01. The first-order valence-electron chi connectivity index (χ1n) is 11.3. The molecule has 170 valence electrons. The van der Waals surface area contributed by atoms with Gasteiger partial charge in [-0.05, 0) is 48.7 Å². The minimum absolute atomic E-state index is 0.0256. The molecule has 0 radical (unpaired) electrons. The van der Waals surface area contributed by atoms with Crippen molar-refractivity contribution in [1.82, 2.24) is 15.3 Å². The first-order chi connectivity index (χ1) is 16.1. The SMILES string of the molecule is CN(CC(=O)NC1CCCC1)c1ccnc(Cc2ccc(NC(=O)c3ccccc3)cc2)n1. The molecule has 1 heterocycles. The molecular weight excluding hydrogens is 414 g/mol. The Morgan fingerprint density at radius 2 is 1.73 bits per heavy atom. The van der Waals surface area contributed by atoms with Crippen molar-refractivity contribution in [3.63, 3.8) is 0 Å². The highest BCUT2D eigenvalue weighted by Gasteiger charge is 2.18. The van der Waals surface area contributed by atoms with E-state index in [2.05, 4.69) is 20.6 Å². The van der Waals surface area contributed by atoms with Crippen molar-refractivity contribution in [3.8, 4) is 0 Å². The zero-order chi connectivity index (χ0) is 23.0. The van der Waals surface area contributed by atoms with Gasteiger partial charge in [-0.1, -0.05) is 43.2 Å². The van der Waals surface area contributed by atoms with Crippen LogP contribution in [0.3, 0.4) is 0 Å². The van der Waals surface area contributed by atoms with Gasteiger partial charge in [-0.2, -0.15) is 0 Å². The van der Waals surface area contributed by atoms with Crippen LogP contribution in [-0.2, 0) is 11.2 Å². The van der Waals surface area contributed by atoms with E-state index in [9.17, 15) is 9.59 Å². The molecule has 7 heteroatoms. The van der Waals surface area contributed by atoms with Gasteiger partial charge in [0.2, 0.25) is 5.91 Å². The van der Waals surface area contributed by atoms with E-state index in [1.807, 2.05) is 60.5 Å². The van der Waals surface area contributed by atoms with Crippen molar-refractivity contribution in [1.29, 1.82) is 0 Å². The number of likely N-dealkylation sites (N-methyl/N-ethyl adjacent to an activating group) is 1. The van der Waals surface area contributed by atoms with Crippen molar-refractivity contribution in [2.24, 2.45) is 0 Å². The van der Waals surface area contributed by atoms with E-state index >= 15 is 0 Å². The molecule has 0 unspecified atom stereocenters. The number of carbonyl (C=O) groups excluding carboxylic acids is 2. The summed E-state index contributed by atoms with van der Waals surface area (Å²) in [5.41, 5.74) is 2.38. The summed E-state index contributed by atoms with van der Waals surface area (Å²) in [6.45, 7) is 0.267. The molecule has 2 N–H and O–H groups in total.